The number of primary amides is 1. The van der Waals surface area contributed by atoms with Crippen LogP contribution in [0.3, 0.4) is 0 Å². The molecule has 0 atom stereocenters. The van der Waals surface area contributed by atoms with Gasteiger partial charge in [-0.1, -0.05) is 6.07 Å². The van der Waals surface area contributed by atoms with Crippen LogP contribution in [-0.4, -0.2) is 17.1 Å². The Morgan fingerprint density at radius 2 is 1.93 bits per heavy atom. The van der Waals surface area contributed by atoms with E-state index in [1.54, 1.807) is 24.4 Å². The summed E-state index contributed by atoms with van der Waals surface area (Å²) in [6.07, 6.45) is 1.95. The Labute approximate surface area is 171 Å². The van der Waals surface area contributed by atoms with Crippen molar-refractivity contribution in [2.45, 2.75) is 31.9 Å². The van der Waals surface area contributed by atoms with Crippen molar-refractivity contribution in [3.05, 3.63) is 70.7 Å². The number of benzene rings is 1. The van der Waals surface area contributed by atoms with Crippen molar-refractivity contribution < 1.29 is 18.0 Å². The summed E-state index contributed by atoms with van der Waals surface area (Å²) in [7, 11) is 0. The Kier molecular flexibility index (Phi) is 7.69. The molecule has 3 rings (SSSR count). The molecule has 0 fully saturated rings. The normalized spacial score (nSPS) is 14.1. The van der Waals surface area contributed by atoms with E-state index in [1.165, 1.54) is 12.1 Å². The lowest BCUT2D eigenvalue weighted by Gasteiger charge is -2.13. The Hall–Kier alpha value is -3.67. The van der Waals surface area contributed by atoms with Gasteiger partial charge in [-0.05, 0) is 61.6 Å². The zero-order valence-corrected chi connectivity index (χ0v) is 16.0. The largest absolute Gasteiger partial charge is 0.433 e. The van der Waals surface area contributed by atoms with E-state index in [0.29, 0.717) is 11.1 Å². The third-order valence-electron chi connectivity index (χ3n) is 4.23. The number of aliphatic imine (C=N–C) groups is 1. The molecule has 0 aliphatic heterocycles. The number of aromatic nitrogens is 1. The monoisotopic (exact) mass is 415 g/mol. The van der Waals surface area contributed by atoms with Gasteiger partial charge in [-0.15, -0.1) is 0 Å². The lowest BCUT2D eigenvalue weighted by Crippen LogP contribution is -2.10. The maximum Gasteiger partial charge on any atom is 0.433 e. The predicted molar refractivity (Wildman–Crippen MR) is 107 cm³/mol. The average molecular weight is 415 g/mol. The minimum atomic E-state index is -4.45. The van der Waals surface area contributed by atoms with Crippen molar-refractivity contribution in [1.29, 1.82) is 5.26 Å². The molecule has 4 N–H and O–H groups in total. The summed E-state index contributed by atoms with van der Waals surface area (Å²) in [5, 5.41) is 8.44. The van der Waals surface area contributed by atoms with Gasteiger partial charge in [-0.3, -0.25) is 14.8 Å². The van der Waals surface area contributed by atoms with Crippen LogP contribution in [0.25, 0.3) is 0 Å². The van der Waals surface area contributed by atoms with Gasteiger partial charge in [0.15, 0.2) is 0 Å². The van der Waals surface area contributed by atoms with Crippen molar-refractivity contribution in [2.24, 2.45) is 16.5 Å². The Morgan fingerprint density at radius 1 is 1.20 bits per heavy atom. The number of rotatable bonds is 3. The van der Waals surface area contributed by atoms with Crippen LogP contribution in [0.5, 0.6) is 0 Å². The molecule has 0 spiro atoms. The highest BCUT2D eigenvalue weighted by atomic mass is 19.4. The van der Waals surface area contributed by atoms with Gasteiger partial charge >= 0.3 is 6.18 Å². The molecule has 0 bridgehead atoms. The van der Waals surface area contributed by atoms with Crippen molar-refractivity contribution in [3.8, 4) is 6.07 Å². The second-order valence-electron chi connectivity index (χ2n) is 6.47. The SMILES string of the molecule is N#Cc1cccc(C(N)=O)c1.NC1=C(C=Nc2ccnc(C(F)(F)F)c2)CCCC1. The summed E-state index contributed by atoms with van der Waals surface area (Å²) < 4.78 is 37.4. The quantitative estimate of drug-likeness (QED) is 0.729. The van der Waals surface area contributed by atoms with Gasteiger partial charge in [0.1, 0.15) is 5.69 Å². The number of carbonyl (C=O) groups is 1. The number of amides is 1. The minimum Gasteiger partial charge on any atom is -0.402 e. The van der Waals surface area contributed by atoms with Crippen molar-refractivity contribution in [1.82, 2.24) is 4.98 Å². The summed E-state index contributed by atoms with van der Waals surface area (Å²) in [4.78, 5) is 17.9. The van der Waals surface area contributed by atoms with E-state index in [1.807, 2.05) is 6.07 Å². The fraction of sp³-hybridized carbons (Fsp3) is 0.238. The maximum absolute atomic E-state index is 12.5. The molecular formula is C21H20F3N5O. The molecule has 0 unspecified atom stereocenters. The molecule has 1 aromatic carbocycles. The molecule has 0 radical (unpaired) electrons. The molecule has 30 heavy (non-hydrogen) atoms. The second-order valence-corrected chi connectivity index (χ2v) is 6.47. The molecule has 0 saturated heterocycles. The highest BCUT2D eigenvalue weighted by molar-refractivity contribution is 5.93. The van der Waals surface area contributed by atoms with Gasteiger partial charge in [0.05, 0.1) is 17.3 Å². The van der Waals surface area contributed by atoms with Crippen molar-refractivity contribution in [2.75, 3.05) is 0 Å². The van der Waals surface area contributed by atoms with E-state index in [9.17, 15) is 18.0 Å². The minimum absolute atomic E-state index is 0.230. The number of alkyl halides is 3. The lowest BCUT2D eigenvalue weighted by atomic mass is 9.97. The highest BCUT2D eigenvalue weighted by Gasteiger charge is 2.32. The van der Waals surface area contributed by atoms with Gasteiger partial charge < -0.3 is 11.5 Å². The van der Waals surface area contributed by atoms with E-state index in [4.69, 9.17) is 16.7 Å². The highest BCUT2D eigenvalue weighted by Crippen LogP contribution is 2.29. The Bertz CT molecular complexity index is 1010. The molecule has 6 nitrogen and oxygen atoms in total. The number of carbonyl (C=O) groups excluding carboxylic acids is 1. The molecule has 2 aromatic rings. The number of hydrogen-bond acceptors (Lipinski definition) is 5. The van der Waals surface area contributed by atoms with Gasteiger partial charge in [0, 0.05) is 23.7 Å². The molecule has 1 heterocycles. The van der Waals surface area contributed by atoms with Gasteiger partial charge in [0.2, 0.25) is 5.91 Å². The van der Waals surface area contributed by atoms with Crippen molar-refractivity contribution in [3.63, 3.8) is 0 Å². The molecular weight excluding hydrogens is 395 g/mol. The number of nitrogens with zero attached hydrogens (tertiary/aromatic N) is 3. The first kappa shape index (κ1) is 22.6. The van der Waals surface area contributed by atoms with E-state index in [0.717, 1.165) is 49.2 Å². The summed E-state index contributed by atoms with van der Waals surface area (Å²) in [5.74, 6) is -0.512. The van der Waals surface area contributed by atoms with Crippen LogP contribution in [0.15, 0.2) is 58.9 Å². The van der Waals surface area contributed by atoms with Crippen LogP contribution in [0, 0.1) is 11.3 Å². The first-order chi connectivity index (χ1) is 14.2. The number of hydrogen-bond donors (Lipinski definition) is 2. The Balaban J connectivity index is 0.000000248. The van der Waals surface area contributed by atoms with Crippen LogP contribution in [0.4, 0.5) is 18.9 Å². The number of allylic oxidation sites excluding steroid dienone is 2. The molecule has 0 saturated carbocycles. The zero-order chi connectivity index (χ0) is 22.1. The van der Waals surface area contributed by atoms with E-state index < -0.39 is 17.8 Å². The molecule has 9 heteroatoms. The average Bonchev–Trinajstić information content (AvgIpc) is 2.73. The second kappa shape index (κ2) is 10.2. The summed E-state index contributed by atoms with van der Waals surface area (Å²) in [5.41, 5.74) is 12.6. The number of nitrogens with two attached hydrogens (primary N) is 2. The standard InChI is InChI=1S/C13H14F3N3.C8H6N2O/c14-13(15,16)12-7-10(5-6-18-12)19-8-9-3-1-2-4-11(9)17;9-5-6-2-1-3-7(4-6)8(10)11/h5-8H,1-4,17H2;1-4H,(H2,10,11). The maximum atomic E-state index is 12.5. The van der Waals surface area contributed by atoms with Crippen LogP contribution in [0.1, 0.15) is 47.3 Å². The molecule has 1 amide bonds. The zero-order valence-electron chi connectivity index (χ0n) is 16.0. The van der Waals surface area contributed by atoms with Crippen molar-refractivity contribution >= 4 is 17.8 Å². The first-order valence-electron chi connectivity index (χ1n) is 9.05. The fourth-order valence-electron chi connectivity index (χ4n) is 2.65. The predicted octanol–water partition coefficient (Wildman–Crippen LogP) is 4.25. The van der Waals surface area contributed by atoms with Gasteiger partial charge in [0.25, 0.3) is 0 Å². The van der Waals surface area contributed by atoms with E-state index in [2.05, 4.69) is 9.98 Å². The van der Waals surface area contributed by atoms with Gasteiger partial charge in [-0.25, -0.2) is 0 Å². The van der Waals surface area contributed by atoms with Crippen LogP contribution in [-0.2, 0) is 6.18 Å². The Morgan fingerprint density at radius 3 is 2.57 bits per heavy atom. The number of halogens is 3. The van der Waals surface area contributed by atoms with Crippen LogP contribution >= 0.6 is 0 Å². The summed E-state index contributed by atoms with van der Waals surface area (Å²) >= 11 is 0. The lowest BCUT2D eigenvalue weighted by molar-refractivity contribution is -0.141. The first-order valence-corrected chi connectivity index (χ1v) is 9.05. The molecule has 156 valence electrons. The molecule has 1 aliphatic carbocycles. The van der Waals surface area contributed by atoms with E-state index >= 15 is 0 Å². The third kappa shape index (κ3) is 6.74. The number of pyridine rings is 1. The fourth-order valence-corrected chi connectivity index (χ4v) is 2.65. The number of nitriles is 1. The summed E-state index contributed by atoms with van der Waals surface area (Å²) in [6, 6.07) is 10.6. The smallest absolute Gasteiger partial charge is 0.402 e. The van der Waals surface area contributed by atoms with E-state index in [-0.39, 0.29) is 5.69 Å². The van der Waals surface area contributed by atoms with Crippen LogP contribution < -0.4 is 11.5 Å². The summed E-state index contributed by atoms with van der Waals surface area (Å²) in [6.45, 7) is 0. The van der Waals surface area contributed by atoms with Crippen LogP contribution in [0.2, 0.25) is 0 Å². The topological polar surface area (TPSA) is 118 Å². The molecule has 1 aliphatic rings. The van der Waals surface area contributed by atoms with Gasteiger partial charge in [-0.2, -0.15) is 18.4 Å². The third-order valence-corrected chi connectivity index (χ3v) is 4.23. The molecule has 1 aromatic heterocycles.